The summed E-state index contributed by atoms with van der Waals surface area (Å²) in [4.78, 5) is 10.5. The van der Waals surface area contributed by atoms with Gasteiger partial charge in [-0.25, -0.2) is 0 Å². The van der Waals surface area contributed by atoms with Gasteiger partial charge in [0, 0.05) is 11.8 Å². The number of carbonyl (C=O) groups is 1. The zero-order chi connectivity index (χ0) is 7.84. The Labute approximate surface area is 64.1 Å². The molecule has 2 atom stereocenters. The summed E-state index contributed by atoms with van der Waals surface area (Å²) >= 11 is 0. The summed E-state index contributed by atoms with van der Waals surface area (Å²) in [6.07, 6.45) is 0. The molecule has 1 aliphatic heterocycles. The fourth-order valence-electron chi connectivity index (χ4n) is 1.69. The monoisotopic (exact) mass is 158 g/mol. The summed E-state index contributed by atoms with van der Waals surface area (Å²) in [6, 6.07) is 0. The van der Waals surface area contributed by atoms with E-state index in [-0.39, 0.29) is 17.8 Å². The number of aliphatic carboxylic acids is 1. The maximum atomic E-state index is 10.5. The normalized spacial score (nSPS) is 42.4. The summed E-state index contributed by atoms with van der Waals surface area (Å²) in [7, 11) is 0. The molecule has 1 heterocycles. The van der Waals surface area contributed by atoms with E-state index in [1.807, 2.05) is 0 Å². The average Bonchev–Trinajstić information content (AvgIpc) is 2.57. The first kappa shape index (κ1) is 7.06. The van der Waals surface area contributed by atoms with Gasteiger partial charge in [0.2, 0.25) is 0 Å². The van der Waals surface area contributed by atoms with Gasteiger partial charge in [0.05, 0.1) is 19.1 Å². The van der Waals surface area contributed by atoms with Gasteiger partial charge in [0.15, 0.2) is 0 Å². The van der Waals surface area contributed by atoms with E-state index in [0.29, 0.717) is 20.0 Å². The van der Waals surface area contributed by atoms with Crippen LogP contribution in [0.15, 0.2) is 0 Å². The Bertz CT molecular complexity index is 167. The van der Waals surface area contributed by atoms with Crippen LogP contribution in [-0.2, 0) is 14.3 Å². The fraction of sp³-hybridized carbons (Fsp3) is 0.857. The highest BCUT2D eigenvalue weighted by molar-refractivity contribution is 5.74. The van der Waals surface area contributed by atoms with Crippen LogP contribution in [0.2, 0.25) is 0 Å². The quantitative estimate of drug-likeness (QED) is 0.580. The number of hydrogen-bond donors (Lipinski definition) is 1. The predicted octanol–water partition coefficient (Wildman–Crippen LogP) is -0.0625. The largest absolute Gasteiger partial charge is 0.481 e. The molecular formula is C7H10O4. The van der Waals surface area contributed by atoms with Gasteiger partial charge in [-0.05, 0) is 0 Å². The van der Waals surface area contributed by atoms with E-state index in [1.54, 1.807) is 0 Å². The first-order chi connectivity index (χ1) is 5.30. The van der Waals surface area contributed by atoms with Crippen LogP contribution in [0.4, 0.5) is 0 Å². The number of ether oxygens (including phenoxy) is 2. The van der Waals surface area contributed by atoms with E-state index in [2.05, 4.69) is 0 Å². The Balaban J connectivity index is 1.96. The Morgan fingerprint density at radius 3 is 2.27 bits per heavy atom. The second-order valence-corrected chi connectivity index (χ2v) is 3.05. The highest BCUT2D eigenvalue weighted by Crippen LogP contribution is 2.47. The van der Waals surface area contributed by atoms with Crippen LogP contribution in [0.25, 0.3) is 0 Å². The molecule has 2 rings (SSSR count). The zero-order valence-electron chi connectivity index (χ0n) is 6.03. The molecule has 4 heteroatoms. The van der Waals surface area contributed by atoms with Crippen molar-refractivity contribution in [3.8, 4) is 0 Å². The number of fused-ring (bicyclic) bond motifs is 1. The van der Waals surface area contributed by atoms with E-state index >= 15 is 0 Å². The molecule has 0 aromatic heterocycles. The maximum absolute atomic E-state index is 10.5. The highest BCUT2D eigenvalue weighted by Gasteiger charge is 2.55. The summed E-state index contributed by atoms with van der Waals surface area (Å²) in [6.45, 7) is 1.41. The molecular weight excluding hydrogens is 148 g/mol. The van der Waals surface area contributed by atoms with Gasteiger partial charge in [0.25, 0.3) is 0 Å². The standard InChI is InChI=1S/C7H10O4/c8-7(9)6-4-1-10-3-11-2-5(4)6/h4-6H,1-3H2,(H,8,9). The number of hydrogen-bond acceptors (Lipinski definition) is 3. The molecule has 0 aromatic carbocycles. The lowest BCUT2D eigenvalue weighted by molar-refractivity contribution is -0.140. The van der Waals surface area contributed by atoms with Gasteiger partial charge in [0.1, 0.15) is 6.79 Å². The molecule has 1 N–H and O–H groups in total. The minimum Gasteiger partial charge on any atom is -0.481 e. The minimum atomic E-state index is -0.714. The minimum absolute atomic E-state index is 0.204. The Morgan fingerprint density at radius 2 is 1.82 bits per heavy atom. The second kappa shape index (κ2) is 2.46. The van der Waals surface area contributed by atoms with Crippen molar-refractivity contribution in [3.05, 3.63) is 0 Å². The molecule has 11 heavy (non-hydrogen) atoms. The second-order valence-electron chi connectivity index (χ2n) is 3.05. The van der Waals surface area contributed by atoms with E-state index < -0.39 is 5.97 Å². The van der Waals surface area contributed by atoms with Gasteiger partial charge in [-0.3, -0.25) is 4.79 Å². The molecule has 0 aromatic rings. The van der Waals surface area contributed by atoms with E-state index in [0.717, 1.165) is 0 Å². The molecule has 0 spiro atoms. The molecule has 0 bridgehead atoms. The van der Waals surface area contributed by atoms with Crippen LogP contribution in [0, 0.1) is 17.8 Å². The van der Waals surface area contributed by atoms with Gasteiger partial charge < -0.3 is 14.6 Å². The molecule has 2 unspecified atom stereocenters. The first-order valence-corrected chi connectivity index (χ1v) is 3.69. The third kappa shape index (κ3) is 1.12. The number of carboxylic acid groups (broad SMARTS) is 1. The average molecular weight is 158 g/mol. The lowest BCUT2D eigenvalue weighted by Gasteiger charge is -2.00. The van der Waals surface area contributed by atoms with E-state index in [4.69, 9.17) is 14.6 Å². The maximum Gasteiger partial charge on any atom is 0.307 e. The molecule has 1 aliphatic carbocycles. The van der Waals surface area contributed by atoms with Crippen LogP contribution >= 0.6 is 0 Å². The van der Waals surface area contributed by atoms with E-state index in [1.165, 1.54) is 0 Å². The zero-order valence-corrected chi connectivity index (χ0v) is 6.03. The van der Waals surface area contributed by atoms with Crippen molar-refractivity contribution in [2.24, 2.45) is 17.8 Å². The van der Waals surface area contributed by atoms with Crippen molar-refractivity contribution in [2.45, 2.75) is 0 Å². The number of rotatable bonds is 1. The fourth-order valence-corrected chi connectivity index (χ4v) is 1.69. The summed E-state index contributed by atoms with van der Waals surface area (Å²) in [5.74, 6) is -0.519. The van der Waals surface area contributed by atoms with Crippen molar-refractivity contribution < 1.29 is 19.4 Å². The molecule has 1 saturated heterocycles. The lowest BCUT2D eigenvalue weighted by Crippen LogP contribution is -2.08. The van der Waals surface area contributed by atoms with Gasteiger partial charge in [-0.1, -0.05) is 0 Å². The van der Waals surface area contributed by atoms with Crippen LogP contribution < -0.4 is 0 Å². The lowest BCUT2D eigenvalue weighted by atomic mass is 10.3. The number of carboxylic acids is 1. The first-order valence-electron chi connectivity index (χ1n) is 3.69. The Hall–Kier alpha value is -0.610. The molecule has 0 amide bonds. The van der Waals surface area contributed by atoms with Crippen LogP contribution in [-0.4, -0.2) is 31.1 Å². The van der Waals surface area contributed by atoms with Crippen molar-refractivity contribution >= 4 is 5.97 Å². The topological polar surface area (TPSA) is 55.8 Å². The van der Waals surface area contributed by atoms with Gasteiger partial charge in [-0.2, -0.15) is 0 Å². The Morgan fingerprint density at radius 1 is 1.27 bits per heavy atom. The molecule has 2 aliphatic rings. The summed E-state index contributed by atoms with van der Waals surface area (Å²) in [5, 5.41) is 8.66. The van der Waals surface area contributed by atoms with E-state index in [9.17, 15) is 4.79 Å². The molecule has 1 saturated carbocycles. The smallest absolute Gasteiger partial charge is 0.307 e. The Kier molecular flexibility index (Phi) is 1.58. The van der Waals surface area contributed by atoms with Crippen molar-refractivity contribution in [1.82, 2.24) is 0 Å². The molecule has 2 fully saturated rings. The van der Waals surface area contributed by atoms with Crippen LogP contribution in [0.3, 0.4) is 0 Å². The van der Waals surface area contributed by atoms with Crippen molar-refractivity contribution in [2.75, 3.05) is 20.0 Å². The third-order valence-corrected chi connectivity index (χ3v) is 2.40. The van der Waals surface area contributed by atoms with Crippen LogP contribution in [0.5, 0.6) is 0 Å². The molecule has 0 radical (unpaired) electrons. The molecule has 4 nitrogen and oxygen atoms in total. The summed E-state index contributed by atoms with van der Waals surface area (Å²) < 4.78 is 10.1. The summed E-state index contributed by atoms with van der Waals surface area (Å²) in [5.41, 5.74) is 0. The van der Waals surface area contributed by atoms with Gasteiger partial charge >= 0.3 is 5.97 Å². The SMILES string of the molecule is O=C(O)C1C2COCOCC21. The molecule has 62 valence electrons. The van der Waals surface area contributed by atoms with Crippen LogP contribution in [0.1, 0.15) is 0 Å². The predicted molar refractivity (Wildman–Crippen MR) is 34.9 cm³/mol. The van der Waals surface area contributed by atoms with Crippen molar-refractivity contribution in [3.63, 3.8) is 0 Å². The third-order valence-electron chi connectivity index (χ3n) is 2.40. The highest BCUT2D eigenvalue weighted by atomic mass is 16.7. The van der Waals surface area contributed by atoms with Gasteiger partial charge in [-0.15, -0.1) is 0 Å². The van der Waals surface area contributed by atoms with Crippen molar-refractivity contribution in [1.29, 1.82) is 0 Å².